The number of carbonyl (C=O) groups excluding carboxylic acids is 2. The van der Waals surface area contributed by atoms with Crippen molar-refractivity contribution in [2.24, 2.45) is 0 Å². The molecular formula is C31H43N7O2. The van der Waals surface area contributed by atoms with Crippen molar-refractivity contribution >= 4 is 34.7 Å². The van der Waals surface area contributed by atoms with E-state index in [0.717, 1.165) is 68.9 Å². The van der Waals surface area contributed by atoms with Crippen LogP contribution in [0.1, 0.15) is 45.7 Å². The molecule has 3 heterocycles. The number of nitrogens with one attached hydrogen (secondary N) is 3. The number of hydrogen-bond donors (Lipinski definition) is 3. The number of rotatable bonds is 7. The quantitative estimate of drug-likeness (QED) is 0.357. The first-order valence-electron chi connectivity index (χ1n) is 13.8. The molecule has 9 nitrogen and oxygen atoms in total. The summed E-state index contributed by atoms with van der Waals surface area (Å²) in [5.41, 5.74) is 4.10. The van der Waals surface area contributed by atoms with Crippen LogP contribution in [0.4, 0.5) is 17.3 Å². The van der Waals surface area contributed by atoms with Gasteiger partial charge in [-0.15, -0.1) is 12.8 Å². The lowest BCUT2D eigenvalue weighted by Crippen LogP contribution is -2.53. The second-order valence-corrected chi connectivity index (χ2v) is 9.26. The normalized spacial score (nSPS) is 16.9. The third kappa shape index (κ3) is 9.86. The van der Waals surface area contributed by atoms with Crippen molar-refractivity contribution in [1.29, 1.82) is 0 Å². The minimum Gasteiger partial charge on any atom is -0.368 e. The van der Waals surface area contributed by atoms with Gasteiger partial charge < -0.3 is 25.8 Å². The molecule has 214 valence electrons. The van der Waals surface area contributed by atoms with Crippen molar-refractivity contribution in [2.75, 3.05) is 50.0 Å². The first-order valence-corrected chi connectivity index (χ1v) is 13.8. The van der Waals surface area contributed by atoms with Crippen molar-refractivity contribution in [2.45, 2.75) is 46.1 Å². The van der Waals surface area contributed by atoms with Gasteiger partial charge in [-0.25, -0.2) is 9.97 Å². The molecule has 1 unspecified atom stereocenters. The smallest absolute Gasteiger partial charge is 0.239 e. The van der Waals surface area contributed by atoms with Crippen LogP contribution in [0, 0.1) is 12.8 Å². The molecule has 0 saturated carbocycles. The molecule has 2 aliphatic heterocycles. The van der Waals surface area contributed by atoms with Crippen molar-refractivity contribution in [3.63, 3.8) is 0 Å². The van der Waals surface area contributed by atoms with Gasteiger partial charge in [0.15, 0.2) is 0 Å². The highest BCUT2D eigenvalue weighted by atomic mass is 16.2. The predicted octanol–water partition coefficient (Wildman–Crippen LogP) is 3.99. The number of carbonyl (C=O) groups is 2. The fourth-order valence-electron chi connectivity index (χ4n) is 4.34. The van der Waals surface area contributed by atoms with E-state index in [1.807, 2.05) is 17.9 Å². The minimum atomic E-state index is 0.00463. The number of allylic oxidation sites excluding steroid dienone is 4. The van der Waals surface area contributed by atoms with E-state index in [-0.39, 0.29) is 17.9 Å². The average Bonchev–Trinajstić information content (AvgIpc) is 3.55. The van der Waals surface area contributed by atoms with Crippen LogP contribution in [-0.2, 0) is 9.59 Å². The fraction of sp³-hybridized carbons (Fsp3) is 0.419. The van der Waals surface area contributed by atoms with Crippen LogP contribution in [0.25, 0.3) is 5.57 Å². The maximum Gasteiger partial charge on any atom is 0.239 e. The standard InChI is InChI=1S/C26H34N6O.C3H7NO.C2H2/c1-3-5-7-20(4-2)23-13-15-28-26(30-23)29-21-9-11-22(12-10-21)31-16-18-32(19-17-31)25(33)24-8-6-14-27-24;1-3(5)4-2;1-2/h4-5,7,9-13,15,24,27H,3,6,8,14,16-19H2,1-2H3,(H,28,29,30);1-2H3,(H,4,5);1-2H/b7-5-,20-4+;;. The van der Waals surface area contributed by atoms with Gasteiger partial charge in [0.25, 0.3) is 0 Å². The van der Waals surface area contributed by atoms with Gasteiger partial charge in [0, 0.05) is 57.7 Å². The topological polar surface area (TPSA) is 102 Å². The largest absolute Gasteiger partial charge is 0.368 e. The molecule has 0 bridgehead atoms. The van der Waals surface area contributed by atoms with Gasteiger partial charge in [0.1, 0.15) is 0 Å². The van der Waals surface area contributed by atoms with Gasteiger partial charge in [0.2, 0.25) is 17.8 Å². The predicted molar refractivity (Wildman–Crippen MR) is 164 cm³/mol. The van der Waals surface area contributed by atoms with Gasteiger partial charge in [-0.05, 0) is 68.6 Å². The molecule has 2 fully saturated rings. The van der Waals surface area contributed by atoms with Crippen LogP contribution in [0.15, 0.2) is 54.8 Å². The molecule has 2 aliphatic rings. The van der Waals surface area contributed by atoms with E-state index in [4.69, 9.17) is 0 Å². The van der Waals surface area contributed by atoms with E-state index in [0.29, 0.717) is 5.95 Å². The number of nitrogens with zero attached hydrogens (tertiary/aromatic N) is 4. The first-order chi connectivity index (χ1) is 19.4. The SMILES string of the molecule is C#C.C/C=C(\C=C/CC)c1ccnc(Nc2ccc(N3CCN(C(=O)C4CCCN4)CC3)cc2)n1.CNC(C)=O. The summed E-state index contributed by atoms with van der Waals surface area (Å²) in [5, 5.41) is 9.02. The third-order valence-corrected chi connectivity index (χ3v) is 6.59. The van der Waals surface area contributed by atoms with Crippen LogP contribution in [0.5, 0.6) is 0 Å². The lowest BCUT2D eigenvalue weighted by molar-refractivity contribution is -0.133. The number of aromatic nitrogens is 2. The number of terminal acetylenes is 1. The van der Waals surface area contributed by atoms with Crippen molar-refractivity contribution in [3.8, 4) is 12.8 Å². The number of benzene rings is 1. The summed E-state index contributed by atoms with van der Waals surface area (Å²) in [5.74, 6) is 0.849. The molecule has 2 aromatic rings. The number of hydrogen-bond acceptors (Lipinski definition) is 7. The molecule has 0 aliphatic carbocycles. The van der Waals surface area contributed by atoms with Crippen LogP contribution in [-0.4, -0.2) is 72.5 Å². The van der Waals surface area contributed by atoms with Gasteiger partial charge in [-0.2, -0.15) is 0 Å². The summed E-state index contributed by atoms with van der Waals surface area (Å²) in [4.78, 5) is 35.7. The second kappa shape index (κ2) is 17.4. The molecule has 4 rings (SSSR count). The van der Waals surface area contributed by atoms with Crippen LogP contribution < -0.4 is 20.9 Å². The zero-order valence-electron chi connectivity index (χ0n) is 24.2. The summed E-state index contributed by atoms with van der Waals surface area (Å²) >= 11 is 0. The Morgan fingerprint density at radius 2 is 1.80 bits per heavy atom. The minimum absolute atomic E-state index is 0.00463. The molecule has 1 aromatic heterocycles. The molecule has 1 aromatic carbocycles. The van der Waals surface area contributed by atoms with Gasteiger partial charge in [-0.3, -0.25) is 9.59 Å². The van der Waals surface area contributed by atoms with Crippen molar-refractivity contribution in [1.82, 2.24) is 25.5 Å². The van der Waals surface area contributed by atoms with Crippen molar-refractivity contribution in [3.05, 3.63) is 60.5 Å². The molecule has 2 amide bonds. The summed E-state index contributed by atoms with van der Waals surface area (Å²) in [6.07, 6.45) is 19.1. The molecule has 2 saturated heterocycles. The summed E-state index contributed by atoms with van der Waals surface area (Å²) < 4.78 is 0. The van der Waals surface area contributed by atoms with Crippen LogP contribution in [0.3, 0.4) is 0 Å². The van der Waals surface area contributed by atoms with Crippen LogP contribution >= 0.6 is 0 Å². The Morgan fingerprint density at radius 1 is 1.12 bits per heavy atom. The third-order valence-electron chi connectivity index (χ3n) is 6.59. The second-order valence-electron chi connectivity index (χ2n) is 9.26. The molecule has 0 spiro atoms. The Morgan fingerprint density at radius 3 is 2.35 bits per heavy atom. The lowest BCUT2D eigenvalue weighted by Gasteiger charge is -2.37. The molecule has 9 heteroatoms. The van der Waals surface area contributed by atoms with E-state index in [1.165, 1.54) is 12.6 Å². The summed E-state index contributed by atoms with van der Waals surface area (Å²) in [6.45, 7) is 9.83. The maximum atomic E-state index is 12.6. The highest BCUT2D eigenvalue weighted by Gasteiger charge is 2.29. The molecular weight excluding hydrogens is 502 g/mol. The number of amides is 2. The first kappa shape index (κ1) is 32.1. The Hall–Kier alpha value is -4.16. The Balaban J connectivity index is 0.000000722. The summed E-state index contributed by atoms with van der Waals surface area (Å²) in [6, 6.07) is 10.3. The van der Waals surface area contributed by atoms with E-state index in [9.17, 15) is 9.59 Å². The van der Waals surface area contributed by atoms with E-state index < -0.39 is 0 Å². The summed E-state index contributed by atoms with van der Waals surface area (Å²) in [7, 11) is 1.60. The van der Waals surface area contributed by atoms with Gasteiger partial charge in [0.05, 0.1) is 11.7 Å². The van der Waals surface area contributed by atoms with E-state index in [1.54, 1.807) is 13.2 Å². The average molecular weight is 546 g/mol. The molecule has 40 heavy (non-hydrogen) atoms. The van der Waals surface area contributed by atoms with Gasteiger partial charge >= 0.3 is 0 Å². The van der Waals surface area contributed by atoms with E-state index in [2.05, 4.69) is 93.1 Å². The fourth-order valence-corrected chi connectivity index (χ4v) is 4.34. The lowest BCUT2D eigenvalue weighted by atomic mass is 10.1. The molecule has 3 N–H and O–H groups in total. The zero-order valence-corrected chi connectivity index (χ0v) is 24.2. The van der Waals surface area contributed by atoms with Gasteiger partial charge in [-0.1, -0.05) is 25.2 Å². The zero-order chi connectivity index (χ0) is 29.3. The number of piperazine rings is 1. The van der Waals surface area contributed by atoms with E-state index >= 15 is 0 Å². The maximum absolute atomic E-state index is 12.6. The molecule has 1 atom stereocenters. The highest BCUT2D eigenvalue weighted by molar-refractivity contribution is 5.82. The molecule has 0 radical (unpaired) electrons. The Kier molecular flexibility index (Phi) is 14.0. The highest BCUT2D eigenvalue weighted by Crippen LogP contribution is 2.22. The Labute approximate surface area is 239 Å². The van der Waals surface area contributed by atoms with Crippen molar-refractivity contribution < 1.29 is 9.59 Å². The monoisotopic (exact) mass is 545 g/mol. The number of anilines is 3. The Bertz CT molecular complexity index is 1140. The van der Waals surface area contributed by atoms with Crippen LogP contribution in [0.2, 0.25) is 0 Å².